The third-order valence-electron chi connectivity index (χ3n) is 4.32. The zero-order chi connectivity index (χ0) is 21.3. The number of guanidine groups is 1. The van der Waals surface area contributed by atoms with E-state index in [4.69, 9.17) is 4.74 Å². The molecule has 0 aliphatic heterocycles. The molecule has 0 aliphatic rings. The largest absolute Gasteiger partial charge is 0.491 e. The fourth-order valence-electron chi connectivity index (χ4n) is 2.78. The molecule has 0 radical (unpaired) electrons. The highest BCUT2D eigenvalue weighted by molar-refractivity contribution is 14.0. The number of benzene rings is 2. The van der Waals surface area contributed by atoms with Crippen LogP contribution < -0.4 is 15.4 Å². The van der Waals surface area contributed by atoms with Crippen molar-refractivity contribution in [1.82, 2.24) is 20.1 Å². The molecule has 2 N–H and O–H groups in total. The van der Waals surface area contributed by atoms with Gasteiger partial charge in [0.05, 0.1) is 6.10 Å². The number of ether oxygens (including phenoxy) is 1. The molecule has 31 heavy (non-hydrogen) atoms. The molecule has 0 saturated carbocycles. The van der Waals surface area contributed by atoms with E-state index in [0.717, 1.165) is 17.3 Å². The molecule has 0 amide bonds. The second kappa shape index (κ2) is 12.2. The number of hydrogen-bond acceptors (Lipinski definition) is 4. The van der Waals surface area contributed by atoms with Gasteiger partial charge in [-0.15, -0.1) is 34.2 Å². The van der Waals surface area contributed by atoms with E-state index in [1.165, 1.54) is 6.07 Å². The van der Waals surface area contributed by atoms with Crippen molar-refractivity contribution in [3.8, 4) is 5.75 Å². The van der Waals surface area contributed by atoms with Crippen molar-refractivity contribution in [1.29, 1.82) is 0 Å². The van der Waals surface area contributed by atoms with E-state index in [-0.39, 0.29) is 35.9 Å². The minimum Gasteiger partial charge on any atom is -0.491 e. The molecule has 0 unspecified atom stereocenters. The molecule has 0 spiro atoms. The predicted octanol–water partition coefficient (Wildman–Crippen LogP) is 4.16. The standard InChI is InChI=1S/C22H27FN6O.HI/c1-16(2)30-19-10-8-18(9-11-19)27-22(25-14-21-28-26-15-29(21)3)24-13-12-17-6-4-5-7-20(17)23;/h4-11,15-16H,12-14H2,1-3H3,(H2,24,25,27);1H. The second-order valence-corrected chi connectivity index (χ2v) is 7.11. The lowest BCUT2D eigenvalue weighted by atomic mass is 10.1. The number of anilines is 1. The van der Waals surface area contributed by atoms with Crippen molar-refractivity contribution < 1.29 is 9.13 Å². The molecule has 3 aromatic rings. The van der Waals surface area contributed by atoms with Gasteiger partial charge in [0.1, 0.15) is 24.4 Å². The molecule has 0 fully saturated rings. The lowest BCUT2D eigenvalue weighted by molar-refractivity contribution is 0.242. The number of aliphatic imine (C=N–C) groups is 1. The third kappa shape index (κ3) is 7.82. The number of hydrogen-bond donors (Lipinski definition) is 2. The summed E-state index contributed by atoms with van der Waals surface area (Å²) in [6, 6.07) is 14.4. The predicted molar refractivity (Wildman–Crippen MR) is 131 cm³/mol. The van der Waals surface area contributed by atoms with Crippen LogP contribution in [0.15, 0.2) is 59.9 Å². The fourth-order valence-corrected chi connectivity index (χ4v) is 2.78. The molecule has 0 aliphatic carbocycles. The van der Waals surface area contributed by atoms with Crippen LogP contribution in [0, 0.1) is 5.82 Å². The average Bonchev–Trinajstić information content (AvgIpc) is 3.13. The van der Waals surface area contributed by atoms with Gasteiger partial charge in [0.2, 0.25) is 0 Å². The molecule has 7 nitrogen and oxygen atoms in total. The minimum absolute atomic E-state index is 0. The molecule has 0 bridgehead atoms. The Morgan fingerprint density at radius 3 is 2.55 bits per heavy atom. The number of rotatable bonds is 8. The van der Waals surface area contributed by atoms with Gasteiger partial charge in [-0.25, -0.2) is 9.38 Å². The smallest absolute Gasteiger partial charge is 0.196 e. The molecule has 9 heteroatoms. The average molecular weight is 538 g/mol. The first-order valence-electron chi connectivity index (χ1n) is 9.89. The van der Waals surface area contributed by atoms with Gasteiger partial charge in [0.15, 0.2) is 11.8 Å². The Labute approximate surface area is 199 Å². The number of aromatic nitrogens is 3. The first-order chi connectivity index (χ1) is 14.5. The summed E-state index contributed by atoms with van der Waals surface area (Å²) in [4.78, 5) is 4.59. The minimum atomic E-state index is -0.203. The van der Waals surface area contributed by atoms with E-state index in [1.807, 2.05) is 55.8 Å². The van der Waals surface area contributed by atoms with Crippen molar-refractivity contribution in [2.45, 2.75) is 32.9 Å². The first-order valence-corrected chi connectivity index (χ1v) is 9.89. The maximum atomic E-state index is 13.9. The van der Waals surface area contributed by atoms with E-state index < -0.39 is 0 Å². The molecular weight excluding hydrogens is 510 g/mol. The van der Waals surface area contributed by atoms with Crippen LogP contribution in [0.4, 0.5) is 10.1 Å². The van der Waals surface area contributed by atoms with Gasteiger partial charge < -0.3 is 19.9 Å². The Morgan fingerprint density at radius 1 is 1.16 bits per heavy atom. The van der Waals surface area contributed by atoms with Gasteiger partial charge in [-0.3, -0.25) is 0 Å². The molecule has 0 saturated heterocycles. The van der Waals surface area contributed by atoms with Gasteiger partial charge in [-0.1, -0.05) is 18.2 Å². The van der Waals surface area contributed by atoms with Crippen molar-refractivity contribution in [2.24, 2.45) is 12.0 Å². The summed E-state index contributed by atoms with van der Waals surface area (Å²) in [5, 5.41) is 14.5. The molecule has 166 valence electrons. The Balaban J connectivity index is 0.00000341. The maximum absolute atomic E-state index is 13.9. The topological polar surface area (TPSA) is 76.4 Å². The van der Waals surface area contributed by atoms with Gasteiger partial charge in [0.25, 0.3) is 0 Å². The molecule has 2 aromatic carbocycles. The normalized spacial score (nSPS) is 11.2. The lowest BCUT2D eigenvalue weighted by Gasteiger charge is -2.14. The lowest BCUT2D eigenvalue weighted by Crippen LogP contribution is -2.32. The summed E-state index contributed by atoms with van der Waals surface area (Å²) < 4.78 is 21.4. The SMILES string of the molecule is CC(C)Oc1ccc(NC(=NCc2nncn2C)NCCc2ccccc2F)cc1.I. The summed E-state index contributed by atoms with van der Waals surface area (Å²) in [5.41, 5.74) is 1.52. The highest BCUT2D eigenvalue weighted by Gasteiger charge is 2.06. The van der Waals surface area contributed by atoms with Crippen LogP contribution in [-0.2, 0) is 20.0 Å². The van der Waals surface area contributed by atoms with Crippen LogP contribution in [-0.4, -0.2) is 33.4 Å². The number of nitrogens with zero attached hydrogens (tertiary/aromatic N) is 4. The molecule has 0 atom stereocenters. The third-order valence-corrected chi connectivity index (χ3v) is 4.32. The van der Waals surface area contributed by atoms with Crippen molar-refractivity contribution in [3.63, 3.8) is 0 Å². The van der Waals surface area contributed by atoms with Gasteiger partial charge >= 0.3 is 0 Å². The van der Waals surface area contributed by atoms with E-state index in [0.29, 0.717) is 31.0 Å². The maximum Gasteiger partial charge on any atom is 0.196 e. The summed E-state index contributed by atoms with van der Waals surface area (Å²) in [5.74, 6) is 1.92. The molecule has 3 rings (SSSR count). The van der Waals surface area contributed by atoms with Crippen LogP contribution in [0.25, 0.3) is 0 Å². The van der Waals surface area contributed by atoms with E-state index >= 15 is 0 Å². The molecule has 1 heterocycles. The highest BCUT2D eigenvalue weighted by atomic mass is 127. The molecule has 1 aromatic heterocycles. The van der Waals surface area contributed by atoms with Crippen molar-refractivity contribution >= 4 is 35.6 Å². The summed E-state index contributed by atoms with van der Waals surface area (Å²) in [6.07, 6.45) is 2.29. The summed E-state index contributed by atoms with van der Waals surface area (Å²) in [7, 11) is 1.87. The van der Waals surface area contributed by atoms with Crippen LogP contribution in [0.3, 0.4) is 0 Å². The van der Waals surface area contributed by atoms with E-state index in [1.54, 1.807) is 18.5 Å². The van der Waals surface area contributed by atoms with Gasteiger partial charge in [-0.2, -0.15) is 0 Å². The Bertz CT molecular complexity index is 974. The Kier molecular flexibility index (Phi) is 9.70. The number of nitrogens with one attached hydrogen (secondary N) is 2. The second-order valence-electron chi connectivity index (χ2n) is 7.11. The highest BCUT2D eigenvalue weighted by Crippen LogP contribution is 2.17. The zero-order valence-corrected chi connectivity index (χ0v) is 20.2. The Morgan fingerprint density at radius 2 is 1.90 bits per heavy atom. The van der Waals surface area contributed by atoms with Crippen LogP contribution >= 0.6 is 24.0 Å². The number of halogens is 2. The van der Waals surface area contributed by atoms with Crippen molar-refractivity contribution in [3.05, 3.63) is 72.1 Å². The Hall–Kier alpha value is -2.69. The van der Waals surface area contributed by atoms with E-state index in [9.17, 15) is 4.39 Å². The van der Waals surface area contributed by atoms with Crippen molar-refractivity contribution in [2.75, 3.05) is 11.9 Å². The van der Waals surface area contributed by atoms with Gasteiger partial charge in [-0.05, 0) is 56.2 Å². The van der Waals surface area contributed by atoms with Crippen LogP contribution in [0.5, 0.6) is 5.75 Å². The zero-order valence-electron chi connectivity index (χ0n) is 17.9. The first kappa shape index (κ1) is 24.6. The van der Waals surface area contributed by atoms with E-state index in [2.05, 4.69) is 25.8 Å². The quantitative estimate of drug-likeness (QED) is 0.256. The fraction of sp³-hybridized carbons (Fsp3) is 0.318. The summed E-state index contributed by atoms with van der Waals surface area (Å²) in [6.45, 7) is 4.87. The van der Waals surface area contributed by atoms with Gasteiger partial charge in [0, 0.05) is 19.3 Å². The number of aryl methyl sites for hydroxylation is 1. The monoisotopic (exact) mass is 538 g/mol. The van der Waals surface area contributed by atoms with Crippen LogP contribution in [0.1, 0.15) is 25.2 Å². The summed E-state index contributed by atoms with van der Waals surface area (Å²) >= 11 is 0. The molecular formula is C22H28FIN6O. The van der Waals surface area contributed by atoms with Crippen LogP contribution in [0.2, 0.25) is 0 Å².